The third kappa shape index (κ3) is 4.77. The second-order valence-electron chi connectivity index (χ2n) is 4.72. The van der Waals surface area contributed by atoms with Gasteiger partial charge in [-0.1, -0.05) is 5.20 Å². The van der Waals surface area contributed by atoms with Crippen molar-refractivity contribution in [1.82, 2.24) is 0 Å². The molecule has 0 saturated carbocycles. The zero-order valence-electron chi connectivity index (χ0n) is 13.4. The number of hydrogen-bond donors (Lipinski definition) is 0. The first-order valence-electron chi connectivity index (χ1n) is 7.20. The van der Waals surface area contributed by atoms with Crippen LogP contribution in [0.3, 0.4) is 0 Å². The maximum atomic E-state index is 12.3. The fraction of sp³-hybridized carbons (Fsp3) is 0.111. The van der Waals surface area contributed by atoms with E-state index in [0.29, 0.717) is 10.4 Å². The monoisotopic (exact) mass is 352 g/mol. The Morgan fingerprint density at radius 1 is 1.04 bits per heavy atom. The van der Waals surface area contributed by atoms with Gasteiger partial charge in [0.1, 0.15) is 0 Å². The Morgan fingerprint density at radius 3 is 2.25 bits per heavy atom. The van der Waals surface area contributed by atoms with Gasteiger partial charge in [0.25, 0.3) is 5.17 Å². The topological polar surface area (TPSA) is 52.6 Å². The zero-order chi connectivity index (χ0) is 17.4. The number of rotatable bonds is 4. The lowest BCUT2D eigenvalue weighted by Gasteiger charge is -2.21. The zero-order valence-corrected chi connectivity index (χ0v) is 15.4. The average molecular weight is 352 g/mol. The van der Waals surface area contributed by atoms with Crippen molar-refractivity contribution in [3.05, 3.63) is 71.8 Å². The van der Waals surface area contributed by atoms with Crippen LogP contribution in [-0.2, 0) is 19.1 Å². The highest BCUT2D eigenvalue weighted by atomic mass is 28.2. The maximum Gasteiger partial charge on any atom is 0.529 e. The first-order chi connectivity index (χ1) is 11.7. The largest absolute Gasteiger partial charge is 0.529 e. The molecule has 2 aliphatic carbocycles. The minimum Gasteiger partial charge on any atom is -0.468 e. The highest BCUT2D eigenvalue weighted by molar-refractivity contribution is 6.76. The minimum absolute atomic E-state index is 0.0218. The summed E-state index contributed by atoms with van der Waals surface area (Å²) in [6.45, 7) is 0. The Balaban J connectivity index is 2.59. The molecule has 0 aromatic rings. The van der Waals surface area contributed by atoms with Gasteiger partial charge >= 0.3 is 21.1 Å². The Kier molecular flexibility index (Phi) is 6.71. The van der Waals surface area contributed by atoms with Gasteiger partial charge in [0.15, 0.2) is 0 Å². The lowest BCUT2D eigenvalue weighted by atomic mass is 10.2. The van der Waals surface area contributed by atoms with Gasteiger partial charge in [0, 0.05) is 6.42 Å². The average Bonchev–Trinajstić information content (AvgIpc) is 2.65. The van der Waals surface area contributed by atoms with Crippen LogP contribution < -0.4 is 0 Å². The van der Waals surface area contributed by atoms with Crippen LogP contribution in [0, 0.1) is 12.8 Å². The van der Waals surface area contributed by atoms with Gasteiger partial charge in [0.2, 0.25) is 5.20 Å². The van der Waals surface area contributed by atoms with E-state index in [1.54, 1.807) is 0 Å². The fourth-order valence-corrected chi connectivity index (χ4v) is 4.50. The quantitative estimate of drug-likeness (QED) is 0.327. The van der Waals surface area contributed by atoms with Gasteiger partial charge in [-0.05, 0) is 0 Å². The van der Waals surface area contributed by atoms with Gasteiger partial charge in [-0.15, -0.1) is 0 Å². The highest BCUT2D eigenvalue weighted by Gasteiger charge is 2.28. The van der Waals surface area contributed by atoms with E-state index in [0.717, 1.165) is 10.3 Å². The molecule has 0 atom stereocenters. The smallest absolute Gasteiger partial charge is 0.468 e. The Labute approximate surface area is 146 Å². The third-order valence-corrected chi connectivity index (χ3v) is 6.02. The van der Waals surface area contributed by atoms with Crippen molar-refractivity contribution in [2.24, 2.45) is 0 Å². The van der Waals surface area contributed by atoms with E-state index in [-0.39, 0.29) is 18.3 Å². The normalized spacial score (nSPS) is 15.8. The molecule has 0 bridgehead atoms. The summed E-state index contributed by atoms with van der Waals surface area (Å²) in [6, 6.07) is 0. The maximum absolute atomic E-state index is 12.3. The molecule has 6 heteroatoms. The SMILES string of the molecule is COC(=O)/C([Si+]=C1C=C[CH+]C=C1)=C(\[Si-]=C1C=C[CH-]C=C1)C(=O)OC. The molecule has 0 fully saturated rings. The van der Waals surface area contributed by atoms with Gasteiger partial charge in [-0.25, -0.2) is 16.9 Å². The molecule has 0 saturated heterocycles. The summed E-state index contributed by atoms with van der Waals surface area (Å²) >= 11 is 0. The second kappa shape index (κ2) is 9.00. The standard InChI is InChI=1S/C18H16O4Si2/c1-21-17(19)15(23-13-9-5-3-6-10-13)16(18(20)22-2)24-14-11-7-4-8-12-14/h3-12H,1-2H3/b16-15+. The van der Waals surface area contributed by atoms with Crippen LogP contribution in [0.25, 0.3) is 0 Å². The molecule has 0 spiro atoms. The van der Waals surface area contributed by atoms with Crippen molar-refractivity contribution in [2.75, 3.05) is 14.2 Å². The predicted octanol–water partition coefficient (Wildman–Crippen LogP) is 0.958. The summed E-state index contributed by atoms with van der Waals surface area (Å²) in [5, 5.41) is 2.63. The van der Waals surface area contributed by atoms with Crippen molar-refractivity contribution in [2.45, 2.75) is 0 Å². The van der Waals surface area contributed by atoms with E-state index in [1.165, 1.54) is 14.2 Å². The Morgan fingerprint density at radius 2 is 1.67 bits per heavy atom. The molecule has 0 aromatic carbocycles. The lowest BCUT2D eigenvalue weighted by molar-refractivity contribution is -0.138. The molecule has 0 amide bonds. The van der Waals surface area contributed by atoms with Crippen molar-refractivity contribution in [3.63, 3.8) is 0 Å². The summed E-state index contributed by atoms with van der Waals surface area (Å²) in [5.41, 5.74) is 0. The number of methoxy groups -OCH3 is 2. The Hall–Kier alpha value is -2.45. The molecule has 0 radical (unpaired) electrons. The van der Waals surface area contributed by atoms with E-state index < -0.39 is 11.9 Å². The van der Waals surface area contributed by atoms with Gasteiger partial charge in [0.05, 0.1) is 38.5 Å². The molecule has 2 aliphatic rings. The van der Waals surface area contributed by atoms with Crippen molar-refractivity contribution < 1.29 is 19.1 Å². The van der Waals surface area contributed by atoms with E-state index in [2.05, 4.69) is 0 Å². The summed E-state index contributed by atoms with van der Waals surface area (Å²) in [7, 11) is 2.68. The van der Waals surface area contributed by atoms with Crippen molar-refractivity contribution in [1.29, 1.82) is 0 Å². The van der Waals surface area contributed by atoms with Crippen LogP contribution in [-0.4, -0.2) is 54.8 Å². The molecule has 0 N–H and O–H groups in total. The van der Waals surface area contributed by atoms with E-state index in [1.807, 2.05) is 61.4 Å². The van der Waals surface area contributed by atoms with Crippen LogP contribution >= 0.6 is 0 Å². The number of carbonyl (C=O) groups is 2. The van der Waals surface area contributed by atoms with Crippen LogP contribution in [0.5, 0.6) is 0 Å². The molecular formula is C18H16O4Si2. The summed E-state index contributed by atoms with van der Waals surface area (Å²) in [4.78, 5) is 24.6. The molecule has 120 valence electrons. The number of hydrogen-bond acceptors (Lipinski definition) is 4. The minimum atomic E-state index is -0.499. The van der Waals surface area contributed by atoms with Gasteiger partial charge in [-0.3, -0.25) is 4.79 Å². The molecule has 0 unspecified atom stereocenters. The summed E-state index contributed by atoms with van der Waals surface area (Å²) in [6.07, 6.45) is 19.1. The molecule has 0 aliphatic heterocycles. The van der Waals surface area contributed by atoms with E-state index in [9.17, 15) is 9.59 Å². The van der Waals surface area contributed by atoms with Gasteiger partial charge < -0.3 is 23.8 Å². The summed E-state index contributed by atoms with van der Waals surface area (Å²) < 4.78 is 9.81. The fourth-order valence-electron chi connectivity index (χ4n) is 1.97. The second-order valence-corrected chi connectivity index (χ2v) is 7.37. The molecule has 24 heavy (non-hydrogen) atoms. The van der Waals surface area contributed by atoms with E-state index >= 15 is 0 Å². The molecule has 4 nitrogen and oxygen atoms in total. The first kappa shape index (κ1) is 17.9. The Bertz CT molecular complexity index is 644. The molecular weight excluding hydrogens is 336 g/mol. The number of ether oxygens (including phenoxy) is 2. The van der Waals surface area contributed by atoms with Crippen LogP contribution in [0.15, 0.2) is 59.0 Å². The number of allylic oxidation sites excluding steroid dienone is 8. The van der Waals surface area contributed by atoms with Crippen molar-refractivity contribution >= 4 is 40.5 Å². The molecule has 0 aromatic heterocycles. The van der Waals surface area contributed by atoms with Crippen molar-refractivity contribution in [3.8, 4) is 0 Å². The number of esters is 2. The summed E-state index contributed by atoms with van der Waals surface area (Å²) in [5.74, 6) is -0.998. The number of carbonyl (C=O) groups excluding carboxylic acids is 2. The van der Waals surface area contributed by atoms with Crippen LogP contribution in [0.2, 0.25) is 0 Å². The lowest BCUT2D eigenvalue weighted by Crippen LogP contribution is -2.22. The molecule has 2 rings (SSSR count). The van der Waals surface area contributed by atoms with Crippen LogP contribution in [0.4, 0.5) is 0 Å². The third-order valence-electron chi connectivity index (χ3n) is 3.12. The van der Waals surface area contributed by atoms with Crippen LogP contribution in [0.1, 0.15) is 0 Å². The molecule has 0 heterocycles. The highest BCUT2D eigenvalue weighted by Crippen LogP contribution is 2.08. The first-order valence-corrected chi connectivity index (χ1v) is 9.20. The predicted molar refractivity (Wildman–Crippen MR) is 97.7 cm³/mol. The van der Waals surface area contributed by atoms with E-state index in [4.69, 9.17) is 9.47 Å². The van der Waals surface area contributed by atoms with Gasteiger partial charge in [-0.2, -0.15) is 18.6 Å².